The normalized spacial score (nSPS) is 27.5. The summed E-state index contributed by atoms with van der Waals surface area (Å²) in [6, 6.07) is 5.47. The topological polar surface area (TPSA) is 63.4 Å². The Hall–Kier alpha value is -0.330. The third-order valence-electron chi connectivity index (χ3n) is 5.27. The minimum atomic E-state index is -3.55. The quantitative estimate of drug-likeness (QED) is 0.852. The molecule has 1 aliphatic carbocycles. The van der Waals surface area contributed by atoms with Crippen molar-refractivity contribution in [3.05, 3.63) is 28.8 Å². The van der Waals surface area contributed by atoms with Gasteiger partial charge < -0.3 is 5.73 Å². The van der Waals surface area contributed by atoms with Crippen LogP contribution in [0.25, 0.3) is 0 Å². The molecule has 7 heteroatoms. The number of nitrogens with two attached hydrogens (primary N) is 1. The van der Waals surface area contributed by atoms with Crippen LogP contribution in [0.3, 0.4) is 0 Å². The number of fused-ring (bicyclic) bond motifs is 1. The molecule has 4 nitrogen and oxygen atoms in total. The van der Waals surface area contributed by atoms with E-state index in [9.17, 15) is 8.42 Å². The molecule has 2 N–H and O–H groups in total. The highest BCUT2D eigenvalue weighted by molar-refractivity contribution is 7.89. The Labute approximate surface area is 156 Å². The molecule has 136 valence electrons. The van der Waals surface area contributed by atoms with E-state index in [1.54, 1.807) is 16.4 Å². The second-order valence-corrected chi connectivity index (χ2v) is 9.17. The van der Waals surface area contributed by atoms with Crippen molar-refractivity contribution in [1.29, 1.82) is 0 Å². The average molecular weight is 393 g/mol. The molecule has 1 aliphatic heterocycles. The van der Waals surface area contributed by atoms with Crippen molar-refractivity contribution in [2.24, 2.45) is 17.6 Å². The van der Waals surface area contributed by atoms with Crippen LogP contribution in [-0.2, 0) is 16.4 Å². The van der Waals surface area contributed by atoms with E-state index in [0.717, 1.165) is 37.7 Å². The van der Waals surface area contributed by atoms with Gasteiger partial charge in [0, 0.05) is 19.1 Å². The predicted octanol–water partition coefficient (Wildman–Crippen LogP) is 3.46. The molecule has 1 saturated heterocycles. The monoisotopic (exact) mass is 392 g/mol. The van der Waals surface area contributed by atoms with E-state index >= 15 is 0 Å². The highest BCUT2D eigenvalue weighted by Crippen LogP contribution is 2.38. The van der Waals surface area contributed by atoms with Crippen molar-refractivity contribution in [3.63, 3.8) is 0 Å². The van der Waals surface area contributed by atoms with Gasteiger partial charge in [-0.1, -0.05) is 37.4 Å². The first-order valence-electron chi connectivity index (χ1n) is 8.47. The first kappa shape index (κ1) is 20.0. The van der Waals surface area contributed by atoms with Crippen molar-refractivity contribution in [2.75, 3.05) is 13.1 Å². The number of rotatable bonds is 4. The van der Waals surface area contributed by atoms with Gasteiger partial charge in [0.1, 0.15) is 4.90 Å². The molecule has 2 fully saturated rings. The Balaban J connectivity index is 0.00000208. The zero-order valence-electron chi connectivity index (χ0n) is 13.9. The van der Waals surface area contributed by atoms with Gasteiger partial charge in [-0.15, -0.1) is 12.4 Å². The molecular weight excluding hydrogens is 367 g/mol. The van der Waals surface area contributed by atoms with Crippen molar-refractivity contribution >= 4 is 34.0 Å². The van der Waals surface area contributed by atoms with Crippen molar-refractivity contribution in [1.82, 2.24) is 4.31 Å². The van der Waals surface area contributed by atoms with Crippen LogP contribution in [0.2, 0.25) is 5.02 Å². The maximum atomic E-state index is 13.1. The summed E-state index contributed by atoms with van der Waals surface area (Å²) in [4.78, 5) is 0.248. The summed E-state index contributed by atoms with van der Waals surface area (Å²) in [5, 5.41) is 0.309. The molecule has 2 aliphatic rings. The second kappa shape index (κ2) is 7.92. The smallest absolute Gasteiger partial charge is 0.244 e. The summed E-state index contributed by atoms with van der Waals surface area (Å²) in [5.74, 6) is 0.683. The van der Waals surface area contributed by atoms with Gasteiger partial charge in [-0.05, 0) is 48.8 Å². The number of benzene rings is 1. The Morgan fingerprint density at radius 1 is 1.29 bits per heavy atom. The van der Waals surface area contributed by atoms with E-state index in [0.29, 0.717) is 24.0 Å². The molecule has 1 aromatic carbocycles. The molecule has 1 aromatic rings. The molecule has 24 heavy (non-hydrogen) atoms. The fraction of sp³-hybridized carbons (Fsp3) is 0.647. The molecule has 1 saturated carbocycles. The van der Waals surface area contributed by atoms with Gasteiger partial charge in [0.25, 0.3) is 0 Å². The number of hydrogen-bond acceptors (Lipinski definition) is 3. The van der Waals surface area contributed by atoms with E-state index in [4.69, 9.17) is 17.3 Å². The zero-order valence-corrected chi connectivity index (χ0v) is 16.3. The Morgan fingerprint density at radius 2 is 2.04 bits per heavy atom. The van der Waals surface area contributed by atoms with Gasteiger partial charge in [0.2, 0.25) is 10.0 Å². The fourth-order valence-electron chi connectivity index (χ4n) is 4.00. The molecule has 1 heterocycles. The van der Waals surface area contributed by atoms with E-state index in [1.165, 1.54) is 0 Å². The number of aryl methyl sites for hydroxylation is 1. The Kier molecular flexibility index (Phi) is 6.59. The molecule has 0 aromatic heterocycles. The van der Waals surface area contributed by atoms with Crippen LogP contribution in [0, 0.1) is 11.8 Å². The first-order chi connectivity index (χ1) is 10.9. The van der Waals surface area contributed by atoms with Gasteiger partial charge in [-0.3, -0.25) is 0 Å². The lowest BCUT2D eigenvalue weighted by Crippen LogP contribution is -2.38. The molecule has 3 unspecified atom stereocenters. The maximum absolute atomic E-state index is 13.1. The number of sulfonamides is 1. The van der Waals surface area contributed by atoms with E-state index in [1.807, 2.05) is 6.07 Å². The van der Waals surface area contributed by atoms with Crippen LogP contribution >= 0.6 is 24.0 Å². The lowest BCUT2D eigenvalue weighted by atomic mass is 9.78. The standard InChI is InChI=1S/C17H25ClN2O2S.ClH/c1-2-4-12-7-8-15(18)17(9-12)23(21,22)20-10-13-5-3-6-16(19)14(13)11-20;/h7-9,13-14,16H,2-6,10-11,19H2,1H3;1H. The highest BCUT2D eigenvalue weighted by atomic mass is 35.5. The SMILES string of the molecule is CCCc1ccc(Cl)c(S(=O)(=O)N2CC3CCCC(N)C3C2)c1.Cl. The van der Waals surface area contributed by atoms with Crippen LogP contribution in [0.4, 0.5) is 0 Å². The van der Waals surface area contributed by atoms with Crippen LogP contribution in [0.1, 0.15) is 38.2 Å². The minimum absolute atomic E-state index is 0. The third kappa shape index (κ3) is 3.75. The lowest BCUT2D eigenvalue weighted by molar-refractivity contribution is 0.260. The number of nitrogens with zero attached hydrogens (tertiary/aromatic N) is 1. The van der Waals surface area contributed by atoms with Crippen LogP contribution in [0.5, 0.6) is 0 Å². The van der Waals surface area contributed by atoms with Gasteiger partial charge in [-0.25, -0.2) is 8.42 Å². The van der Waals surface area contributed by atoms with E-state index < -0.39 is 10.0 Å². The van der Waals surface area contributed by atoms with Gasteiger partial charge in [0.15, 0.2) is 0 Å². The Bertz CT molecular complexity index is 681. The molecule has 0 radical (unpaired) electrons. The minimum Gasteiger partial charge on any atom is -0.327 e. The van der Waals surface area contributed by atoms with Crippen molar-refractivity contribution in [3.8, 4) is 0 Å². The summed E-state index contributed by atoms with van der Waals surface area (Å²) in [7, 11) is -3.55. The summed E-state index contributed by atoms with van der Waals surface area (Å²) >= 11 is 6.21. The largest absolute Gasteiger partial charge is 0.327 e. The first-order valence-corrected chi connectivity index (χ1v) is 10.3. The summed E-state index contributed by atoms with van der Waals surface area (Å²) in [6.07, 6.45) is 5.01. The molecular formula is C17H26Cl2N2O2S. The predicted molar refractivity (Wildman–Crippen MR) is 100 cm³/mol. The third-order valence-corrected chi connectivity index (χ3v) is 7.59. The van der Waals surface area contributed by atoms with Gasteiger partial charge >= 0.3 is 0 Å². The van der Waals surface area contributed by atoms with E-state index in [2.05, 4.69) is 6.92 Å². The number of halogens is 2. The second-order valence-electron chi connectivity index (χ2n) is 6.86. The van der Waals surface area contributed by atoms with Crippen molar-refractivity contribution < 1.29 is 8.42 Å². The molecule has 3 atom stereocenters. The zero-order chi connectivity index (χ0) is 16.6. The molecule has 0 amide bonds. The maximum Gasteiger partial charge on any atom is 0.244 e. The Morgan fingerprint density at radius 3 is 2.71 bits per heavy atom. The lowest BCUT2D eigenvalue weighted by Gasteiger charge is -2.29. The molecule has 0 bridgehead atoms. The fourth-order valence-corrected chi connectivity index (χ4v) is 6.06. The van der Waals surface area contributed by atoms with Gasteiger partial charge in [-0.2, -0.15) is 4.31 Å². The van der Waals surface area contributed by atoms with Crippen LogP contribution in [-0.4, -0.2) is 31.9 Å². The number of hydrogen-bond donors (Lipinski definition) is 1. The molecule has 3 rings (SSSR count). The highest BCUT2D eigenvalue weighted by Gasteiger charge is 2.43. The van der Waals surface area contributed by atoms with Crippen LogP contribution in [0.15, 0.2) is 23.1 Å². The summed E-state index contributed by atoms with van der Waals surface area (Å²) in [5.41, 5.74) is 7.23. The summed E-state index contributed by atoms with van der Waals surface area (Å²) in [6.45, 7) is 3.19. The van der Waals surface area contributed by atoms with E-state index in [-0.39, 0.29) is 29.3 Å². The summed E-state index contributed by atoms with van der Waals surface area (Å²) < 4.78 is 27.7. The average Bonchev–Trinajstić information content (AvgIpc) is 2.96. The van der Waals surface area contributed by atoms with Crippen molar-refractivity contribution in [2.45, 2.75) is 50.0 Å². The molecule has 0 spiro atoms. The van der Waals surface area contributed by atoms with Gasteiger partial charge in [0.05, 0.1) is 5.02 Å². The van der Waals surface area contributed by atoms with Crippen LogP contribution < -0.4 is 5.73 Å².